The number of aryl methyl sites for hydroxylation is 2. The number of rotatable bonds is 9. The van der Waals surface area contributed by atoms with Crippen LogP contribution in [0.4, 0.5) is 11.4 Å². The third kappa shape index (κ3) is 5.18. The zero-order chi connectivity index (χ0) is 24.9. The number of hydrogen-bond acceptors (Lipinski definition) is 7. The zero-order valence-electron chi connectivity index (χ0n) is 19.9. The Hall–Kier alpha value is -4.54. The van der Waals surface area contributed by atoms with Crippen LogP contribution in [0.15, 0.2) is 53.2 Å². The smallest absolute Gasteiger partial charge is 0.291 e. The first-order chi connectivity index (χ1) is 16.9. The standard InChI is InChI=1S/C24H26N6O5/c1-5-30-22(24(32)27-19-12-25-29(3)15(19)2)20(13-26-30)28-23(31)21-11-10-18(35-21)14-34-17-8-6-16(33-4)7-9-17/h6-13H,5,14H2,1-4H3,(H,27,32)(H,28,31). The van der Waals surface area contributed by atoms with Crippen LogP contribution in [0.3, 0.4) is 0 Å². The van der Waals surface area contributed by atoms with Crippen LogP contribution >= 0.6 is 0 Å². The molecule has 0 aliphatic heterocycles. The van der Waals surface area contributed by atoms with Crippen LogP contribution in [-0.2, 0) is 20.2 Å². The monoisotopic (exact) mass is 478 g/mol. The molecule has 0 saturated carbocycles. The van der Waals surface area contributed by atoms with Gasteiger partial charge < -0.3 is 24.5 Å². The number of amides is 2. The molecule has 11 heteroatoms. The van der Waals surface area contributed by atoms with Gasteiger partial charge in [-0.1, -0.05) is 0 Å². The average Bonchev–Trinajstić information content (AvgIpc) is 3.58. The molecule has 2 N–H and O–H groups in total. The van der Waals surface area contributed by atoms with E-state index in [1.165, 1.54) is 10.9 Å². The fourth-order valence-electron chi connectivity index (χ4n) is 3.35. The number of hydrogen-bond donors (Lipinski definition) is 2. The van der Waals surface area contributed by atoms with Crippen LogP contribution in [-0.4, -0.2) is 38.5 Å². The van der Waals surface area contributed by atoms with E-state index in [0.717, 1.165) is 11.4 Å². The Kier molecular flexibility index (Phi) is 6.86. The van der Waals surface area contributed by atoms with E-state index < -0.39 is 11.8 Å². The third-order valence-electron chi connectivity index (χ3n) is 5.41. The third-order valence-corrected chi connectivity index (χ3v) is 5.41. The average molecular weight is 479 g/mol. The summed E-state index contributed by atoms with van der Waals surface area (Å²) in [5, 5.41) is 13.9. The molecule has 0 atom stereocenters. The molecule has 0 unspecified atom stereocenters. The minimum absolute atomic E-state index is 0.0806. The van der Waals surface area contributed by atoms with Crippen molar-refractivity contribution < 1.29 is 23.5 Å². The maximum Gasteiger partial charge on any atom is 0.291 e. The Bertz CT molecular complexity index is 1330. The predicted octanol–water partition coefficient (Wildman–Crippen LogP) is 3.63. The molecule has 1 aromatic carbocycles. The van der Waals surface area contributed by atoms with Crippen molar-refractivity contribution in [1.29, 1.82) is 0 Å². The first-order valence-corrected chi connectivity index (χ1v) is 10.9. The largest absolute Gasteiger partial charge is 0.497 e. The Morgan fingerprint density at radius 3 is 2.31 bits per heavy atom. The lowest BCUT2D eigenvalue weighted by Crippen LogP contribution is -2.21. The molecule has 0 aliphatic carbocycles. The van der Waals surface area contributed by atoms with Crippen LogP contribution in [0.25, 0.3) is 0 Å². The molecular weight excluding hydrogens is 452 g/mol. The lowest BCUT2D eigenvalue weighted by molar-refractivity contribution is 0.0992. The van der Waals surface area contributed by atoms with Crippen LogP contribution in [0.1, 0.15) is 39.4 Å². The van der Waals surface area contributed by atoms with Crippen molar-refractivity contribution in [2.24, 2.45) is 7.05 Å². The summed E-state index contributed by atoms with van der Waals surface area (Å²) < 4.78 is 19.6. The number of carbonyl (C=O) groups is 2. The van der Waals surface area contributed by atoms with Crippen molar-refractivity contribution in [3.63, 3.8) is 0 Å². The number of anilines is 2. The number of carbonyl (C=O) groups excluding carboxylic acids is 2. The molecule has 0 radical (unpaired) electrons. The quantitative estimate of drug-likeness (QED) is 0.376. The van der Waals surface area contributed by atoms with Gasteiger partial charge in [0.1, 0.15) is 29.6 Å². The molecule has 4 rings (SSSR count). The van der Waals surface area contributed by atoms with E-state index in [2.05, 4.69) is 20.8 Å². The fourth-order valence-corrected chi connectivity index (χ4v) is 3.35. The number of nitrogens with one attached hydrogen (secondary N) is 2. The van der Waals surface area contributed by atoms with Gasteiger partial charge in [-0.15, -0.1) is 0 Å². The molecular formula is C24H26N6O5. The molecule has 3 heterocycles. The van der Waals surface area contributed by atoms with Crippen molar-refractivity contribution in [1.82, 2.24) is 19.6 Å². The van der Waals surface area contributed by atoms with Crippen molar-refractivity contribution in [2.45, 2.75) is 27.0 Å². The number of furan rings is 1. The van der Waals surface area contributed by atoms with Gasteiger partial charge in [0.15, 0.2) is 5.76 Å². The molecule has 0 bridgehead atoms. The molecule has 11 nitrogen and oxygen atoms in total. The molecule has 0 aliphatic rings. The maximum absolute atomic E-state index is 13.0. The van der Waals surface area contributed by atoms with Crippen molar-refractivity contribution in [3.05, 3.63) is 71.7 Å². The minimum atomic E-state index is -0.511. The molecule has 0 fully saturated rings. The van der Waals surface area contributed by atoms with E-state index in [1.807, 2.05) is 13.8 Å². The molecule has 182 valence electrons. The Morgan fingerprint density at radius 1 is 0.971 bits per heavy atom. The Labute approximate surface area is 201 Å². The number of ether oxygens (including phenoxy) is 2. The van der Waals surface area contributed by atoms with Gasteiger partial charge >= 0.3 is 0 Å². The van der Waals surface area contributed by atoms with E-state index in [1.54, 1.807) is 61.4 Å². The number of nitrogens with zero attached hydrogens (tertiary/aromatic N) is 4. The highest BCUT2D eigenvalue weighted by Gasteiger charge is 2.22. The highest BCUT2D eigenvalue weighted by molar-refractivity contribution is 6.11. The Balaban J connectivity index is 1.43. The summed E-state index contributed by atoms with van der Waals surface area (Å²) in [6.45, 7) is 4.28. The van der Waals surface area contributed by atoms with Crippen LogP contribution in [0.2, 0.25) is 0 Å². The molecule has 35 heavy (non-hydrogen) atoms. The summed E-state index contributed by atoms with van der Waals surface area (Å²) in [7, 11) is 3.38. The predicted molar refractivity (Wildman–Crippen MR) is 128 cm³/mol. The highest BCUT2D eigenvalue weighted by Crippen LogP contribution is 2.22. The normalized spacial score (nSPS) is 10.7. The molecule has 4 aromatic rings. The topological polar surface area (TPSA) is 125 Å². The van der Waals surface area contributed by atoms with Gasteiger partial charge in [0.05, 0.1) is 36.6 Å². The van der Waals surface area contributed by atoms with E-state index in [4.69, 9.17) is 13.9 Å². The maximum atomic E-state index is 13.0. The number of aromatic nitrogens is 4. The van der Waals surface area contributed by atoms with Gasteiger partial charge in [-0.05, 0) is 50.2 Å². The van der Waals surface area contributed by atoms with Crippen LogP contribution in [0, 0.1) is 6.92 Å². The zero-order valence-corrected chi connectivity index (χ0v) is 19.9. The SMILES string of the molecule is CCn1ncc(NC(=O)c2ccc(COc3ccc(OC)cc3)o2)c1C(=O)Nc1cnn(C)c1C. The van der Waals surface area contributed by atoms with Crippen molar-refractivity contribution in [3.8, 4) is 11.5 Å². The summed E-state index contributed by atoms with van der Waals surface area (Å²) >= 11 is 0. The lowest BCUT2D eigenvalue weighted by Gasteiger charge is -2.09. The van der Waals surface area contributed by atoms with E-state index in [0.29, 0.717) is 23.7 Å². The summed E-state index contributed by atoms with van der Waals surface area (Å²) in [6.07, 6.45) is 3.00. The summed E-state index contributed by atoms with van der Waals surface area (Å²) in [4.78, 5) is 25.8. The molecule has 0 spiro atoms. The number of methoxy groups -OCH3 is 1. The van der Waals surface area contributed by atoms with Gasteiger partial charge in [-0.3, -0.25) is 19.0 Å². The molecule has 2 amide bonds. The van der Waals surface area contributed by atoms with E-state index in [-0.39, 0.29) is 23.7 Å². The van der Waals surface area contributed by atoms with Gasteiger partial charge in [0.2, 0.25) is 0 Å². The second-order valence-corrected chi connectivity index (χ2v) is 7.63. The van der Waals surface area contributed by atoms with E-state index >= 15 is 0 Å². The summed E-state index contributed by atoms with van der Waals surface area (Å²) in [5.41, 5.74) is 1.86. The van der Waals surface area contributed by atoms with Gasteiger partial charge in [-0.2, -0.15) is 10.2 Å². The highest BCUT2D eigenvalue weighted by atomic mass is 16.5. The lowest BCUT2D eigenvalue weighted by atomic mass is 10.3. The van der Waals surface area contributed by atoms with Crippen molar-refractivity contribution in [2.75, 3.05) is 17.7 Å². The molecule has 3 aromatic heterocycles. The second-order valence-electron chi connectivity index (χ2n) is 7.63. The Morgan fingerprint density at radius 2 is 1.66 bits per heavy atom. The molecule has 0 saturated heterocycles. The number of benzene rings is 1. The fraction of sp³-hybridized carbons (Fsp3) is 0.250. The van der Waals surface area contributed by atoms with Crippen LogP contribution in [0.5, 0.6) is 11.5 Å². The van der Waals surface area contributed by atoms with Gasteiger partial charge in [0.25, 0.3) is 11.8 Å². The minimum Gasteiger partial charge on any atom is -0.497 e. The van der Waals surface area contributed by atoms with Crippen molar-refractivity contribution >= 4 is 23.2 Å². The first kappa shape index (κ1) is 23.6. The second kappa shape index (κ2) is 10.2. The van der Waals surface area contributed by atoms with Crippen LogP contribution < -0.4 is 20.1 Å². The van der Waals surface area contributed by atoms with Gasteiger partial charge in [-0.25, -0.2) is 0 Å². The van der Waals surface area contributed by atoms with E-state index in [9.17, 15) is 9.59 Å². The van der Waals surface area contributed by atoms with Gasteiger partial charge in [0, 0.05) is 13.6 Å². The summed E-state index contributed by atoms with van der Waals surface area (Å²) in [5.74, 6) is 0.994. The first-order valence-electron chi connectivity index (χ1n) is 10.9. The summed E-state index contributed by atoms with van der Waals surface area (Å²) in [6, 6.07) is 10.3.